The van der Waals surface area contributed by atoms with Gasteiger partial charge in [-0.25, -0.2) is 0 Å². The van der Waals surface area contributed by atoms with Crippen LogP contribution in [0, 0.1) is 86.5 Å². The maximum absolute atomic E-state index is 7.50. The Hall–Kier alpha value is -0.263. The molecule has 0 aromatic rings. The van der Waals surface area contributed by atoms with Crippen LogP contribution in [-0.2, 0) is 158 Å². The van der Waals surface area contributed by atoms with E-state index in [4.69, 9.17) is 60.5 Å². The molecule has 0 aliphatic carbocycles. The topological polar surface area (TPSA) is 259 Å². The van der Waals surface area contributed by atoms with Gasteiger partial charge in [0, 0.05) is 97.4 Å². The van der Waals surface area contributed by atoms with Crippen molar-refractivity contribution in [3.8, 4) is 0 Å². The summed E-state index contributed by atoms with van der Waals surface area (Å²) in [6, 6.07) is 0. The van der Waals surface area contributed by atoms with E-state index in [2.05, 4.69) is 86.5 Å². The third-order valence-corrected chi connectivity index (χ3v) is 0. The fraction of sp³-hybridized carbons (Fsp3) is 0.0714. The third-order valence-electron chi connectivity index (χ3n) is 0. The molecule has 0 spiro atoms. The first-order valence-electron chi connectivity index (χ1n) is 2.65. The fourth-order valence-corrected chi connectivity index (χ4v) is 0. The van der Waals surface area contributed by atoms with E-state index in [0.29, 0.717) is 0 Å². The van der Waals surface area contributed by atoms with Crippen molar-refractivity contribution in [2.45, 2.75) is 7.43 Å². The summed E-state index contributed by atoms with van der Waals surface area (Å²) in [5.41, 5.74) is 0. The first-order chi connectivity index (χ1) is 13.0. The molecular formula is C14H4O13Ru5. The minimum Gasteiger partial charge on any atom is 0 e. The molecule has 0 saturated heterocycles. The maximum atomic E-state index is 7.50. The van der Waals surface area contributed by atoms with Crippen LogP contribution in [0.1, 0.15) is 7.43 Å². The van der Waals surface area contributed by atoms with Gasteiger partial charge in [-0.05, 0) is 0 Å². The van der Waals surface area contributed by atoms with Crippen LogP contribution in [0.25, 0.3) is 0 Å². The Kier molecular flexibility index (Phi) is 2270000. The van der Waals surface area contributed by atoms with Gasteiger partial charge in [0.05, 0.1) is 0 Å². The molecule has 0 aliphatic rings. The van der Waals surface area contributed by atoms with Crippen molar-refractivity contribution in [1.29, 1.82) is 0 Å². The van der Waals surface area contributed by atoms with E-state index < -0.39 is 0 Å². The average Bonchev–Trinajstić information content (AvgIpc) is 2.90. The van der Waals surface area contributed by atoms with Crippen LogP contribution >= 0.6 is 0 Å². The van der Waals surface area contributed by atoms with Gasteiger partial charge in [0.1, 0.15) is 0 Å². The van der Waals surface area contributed by atoms with Crippen LogP contribution in [0.5, 0.6) is 0 Å². The molecule has 0 aromatic heterocycles. The molecule has 0 rings (SSSR count). The summed E-state index contributed by atoms with van der Waals surface area (Å²) in [4.78, 5) is 0. The van der Waals surface area contributed by atoms with Gasteiger partial charge in [-0.3, -0.25) is 0 Å². The molecule has 0 aliphatic heterocycles. The van der Waals surface area contributed by atoms with Gasteiger partial charge < -0.3 is 0 Å². The minimum atomic E-state index is 0. The van der Waals surface area contributed by atoms with Crippen molar-refractivity contribution in [3.05, 3.63) is 86.5 Å². The summed E-state index contributed by atoms with van der Waals surface area (Å²) < 4.78 is 97.5. The zero-order chi connectivity index (χ0) is 26.0. The molecule has 0 unspecified atom stereocenters. The van der Waals surface area contributed by atoms with Gasteiger partial charge in [-0.1, -0.05) is 7.43 Å². The smallest absolute Gasteiger partial charge is 0 e. The van der Waals surface area contributed by atoms with E-state index in [0.717, 1.165) is 0 Å². The molecule has 18 heteroatoms. The van der Waals surface area contributed by atoms with Crippen molar-refractivity contribution >= 4 is 0 Å². The second-order valence-electron chi connectivity index (χ2n) is 0. The van der Waals surface area contributed by atoms with E-state index >= 15 is 0 Å². The van der Waals surface area contributed by atoms with E-state index in [1.54, 1.807) is 0 Å². The monoisotopic (exact) mass is 889 g/mol. The molecule has 0 radical (unpaired) electrons. The molecular weight excluding hydrogens is 881 g/mol. The first-order valence-corrected chi connectivity index (χ1v) is 2.65. The van der Waals surface area contributed by atoms with Crippen molar-refractivity contribution < 1.29 is 158 Å². The van der Waals surface area contributed by atoms with Gasteiger partial charge in [0.25, 0.3) is 0 Å². The van der Waals surface area contributed by atoms with Crippen molar-refractivity contribution in [1.82, 2.24) is 0 Å². The second kappa shape index (κ2) is 393000. The summed E-state index contributed by atoms with van der Waals surface area (Å²) >= 11 is 0. The van der Waals surface area contributed by atoms with Gasteiger partial charge in [0.2, 0.25) is 0 Å². The van der Waals surface area contributed by atoms with E-state index in [1.807, 2.05) is 0 Å². The van der Waals surface area contributed by atoms with Crippen LogP contribution in [-0.4, -0.2) is 0 Å². The summed E-state index contributed by atoms with van der Waals surface area (Å²) in [5, 5.41) is 0. The molecule has 0 atom stereocenters. The number of rotatable bonds is 0. The van der Waals surface area contributed by atoms with Crippen molar-refractivity contribution in [3.63, 3.8) is 0 Å². The fourth-order valence-electron chi connectivity index (χ4n) is 0. The molecule has 0 aromatic carbocycles. The first kappa shape index (κ1) is 185. The molecule has 0 heterocycles. The zero-order valence-electron chi connectivity index (χ0n) is 13.6. The molecule has 13 nitrogen and oxygen atoms in total. The predicted octanol–water partition coefficient (Wildman–Crippen LogP) is 0.136. The summed E-state index contributed by atoms with van der Waals surface area (Å²) in [6.45, 7) is 58.5. The number of hydrogen-bond acceptors (Lipinski definition) is 0. The molecule has 0 N–H and O–H groups in total. The molecule has 32 heavy (non-hydrogen) atoms. The van der Waals surface area contributed by atoms with Gasteiger partial charge in [-0.2, -0.15) is 0 Å². The van der Waals surface area contributed by atoms with Crippen LogP contribution in [0.2, 0.25) is 0 Å². The molecule has 0 fully saturated rings. The molecule has 0 bridgehead atoms. The largest absolute Gasteiger partial charge is 0 e. The third kappa shape index (κ3) is 355000. The Morgan fingerprint density at radius 3 is 0.156 bits per heavy atom. The summed E-state index contributed by atoms with van der Waals surface area (Å²) in [7, 11) is 0. The van der Waals surface area contributed by atoms with Gasteiger partial charge in [-0.15, -0.1) is 0 Å². The minimum absolute atomic E-state index is 0. The average molecular weight is 886 g/mol. The van der Waals surface area contributed by atoms with Crippen LogP contribution in [0.3, 0.4) is 0 Å². The van der Waals surface area contributed by atoms with Crippen LogP contribution < -0.4 is 0 Å². The Labute approximate surface area is 249 Å². The molecule has 178 valence electrons. The Morgan fingerprint density at radius 2 is 0.156 bits per heavy atom. The van der Waals surface area contributed by atoms with Crippen molar-refractivity contribution in [2.24, 2.45) is 0 Å². The maximum Gasteiger partial charge on any atom is 0 e. The quantitative estimate of drug-likeness (QED) is 0.179. The van der Waals surface area contributed by atoms with Crippen LogP contribution in [0.15, 0.2) is 0 Å². The van der Waals surface area contributed by atoms with Crippen LogP contribution in [0.4, 0.5) is 0 Å². The number of hydrogen-bond donors (Lipinski definition) is 0. The summed E-state index contributed by atoms with van der Waals surface area (Å²) in [6.07, 6.45) is 0. The zero-order valence-corrected chi connectivity index (χ0v) is 22.3. The molecule has 0 saturated carbocycles. The predicted molar refractivity (Wildman–Crippen MR) is 57.8 cm³/mol. The standard InChI is InChI=1S/13CO.CH4.5Ru/c13*1-2;;;;;;/h;;;;;;;;;;;;;1H4;;;;;. The van der Waals surface area contributed by atoms with Crippen molar-refractivity contribution in [2.75, 3.05) is 0 Å². The second-order valence-corrected chi connectivity index (χ2v) is 0. The Bertz CT molecular complexity index is 253. The van der Waals surface area contributed by atoms with Gasteiger partial charge >= 0.3 is 147 Å². The van der Waals surface area contributed by atoms with Gasteiger partial charge in [0.15, 0.2) is 0 Å². The van der Waals surface area contributed by atoms with E-state index in [1.165, 1.54) is 0 Å². The Balaban J connectivity index is -0.00000000331. The summed E-state index contributed by atoms with van der Waals surface area (Å²) in [5.74, 6) is 0. The normalized spacial score (nSPS) is 0.812. The SMILES string of the molecule is C.[C-]#[O+].[C-]#[O+].[C-]#[O+].[C-]#[O+].[C-]#[O+].[C-]#[O+].[C-]#[O+].[C-]#[O+].[C-]#[O+].[C-]#[O+].[C-]#[O+].[C-]#[O+].[C-]#[O+].[Ru].[Ru].[Ru].[Ru].[Ru]. The Morgan fingerprint density at radius 1 is 0.156 bits per heavy atom. The van der Waals surface area contributed by atoms with E-state index in [9.17, 15) is 0 Å². The molecule has 0 amide bonds. The van der Waals surface area contributed by atoms with E-state index in [-0.39, 0.29) is 105 Å².